The predicted octanol–water partition coefficient (Wildman–Crippen LogP) is 9.00. The van der Waals surface area contributed by atoms with Crippen LogP contribution in [-0.4, -0.2) is 24.3 Å². The number of aliphatic imine (C=N–C) groups is 1. The third-order valence-corrected chi connectivity index (χ3v) is 7.44. The van der Waals surface area contributed by atoms with Gasteiger partial charge < -0.3 is 14.4 Å². The Morgan fingerprint density at radius 1 is 0.775 bits per heavy atom. The Morgan fingerprint density at radius 3 is 1.82 bits per heavy atom. The van der Waals surface area contributed by atoms with Crippen molar-refractivity contribution in [1.29, 1.82) is 0 Å². The van der Waals surface area contributed by atoms with Gasteiger partial charge in [0.25, 0.3) is 0 Å². The molecule has 0 aromatic heterocycles. The highest BCUT2D eigenvalue weighted by Gasteiger charge is 2.33. The van der Waals surface area contributed by atoms with Gasteiger partial charge in [0, 0.05) is 18.8 Å². The van der Waals surface area contributed by atoms with Crippen LogP contribution in [-0.2, 0) is 25.0 Å². The average Bonchev–Trinajstić information content (AvgIpc) is 2.96. The lowest BCUT2D eigenvalue weighted by molar-refractivity contribution is -0.137. The zero-order chi connectivity index (χ0) is 28.5. The quantitative estimate of drug-likeness (QED) is 0.145. The van der Waals surface area contributed by atoms with Crippen LogP contribution >= 0.6 is 23.4 Å². The Kier molecular flexibility index (Phi) is 10.0. The Balaban J connectivity index is 1.75. The minimum absolute atomic E-state index is 0.168. The van der Waals surface area contributed by atoms with Gasteiger partial charge in [0.15, 0.2) is 5.17 Å². The van der Waals surface area contributed by atoms with Gasteiger partial charge >= 0.3 is 6.18 Å². The summed E-state index contributed by atoms with van der Waals surface area (Å²) in [6.07, 6.45) is -4.59. The molecule has 4 aromatic carbocycles. The number of ether oxygens (including phenoxy) is 2. The second-order valence-corrected chi connectivity index (χ2v) is 10.2. The van der Waals surface area contributed by atoms with Crippen molar-refractivity contribution >= 4 is 34.2 Å². The summed E-state index contributed by atoms with van der Waals surface area (Å²) >= 11 is 7.34. The van der Waals surface area contributed by atoms with Crippen molar-refractivity contribution in [3.8, 4) is 11.5 Å². The summed E-state index contributed by atoms with van der Waals surface area (Å²) in [6.45, 7) is 0.937. The van der Waals surface area contributed by atoms with E-state index in [1.54, 1.807) is 14.2 Å². The van der Waals surface area contributed by atoms with E-state index in [-0.39, 0.29) is 10.7 Å². The van der Waals surface area contributed by atoms with Gasteiger partial charge in [-0.25, -0.2) is 4.99 Å². The van der Waals surface area contributed by atoms with E-state index in [0.717, 1.165) is 34.3 Å². The van der Waals surface area contributed by atoms with Crippen molar-refractivity contribution < 1.29 is 22.6 Å². The molecule has 40 heavy (non-hydrogen) atoms. The van der Waals surface area contributed by atoms with Crippen molar-refractivity contribution in [3.05, 3.63) is 124 Å². The van der Waals surface area contributed by atoms with Crippen LogP contribution in [0.1, 0.15) is 22.3 Å². The summed E-state index contributed by atoms with van der Waals surface area (Å²) < 4.78 is 51.5. The van der Waals surface area contributed by atoms with Crippen LogP contribution in [0.15, 0.2) is 102 Å². The van der Waals surface area contributed by atoms with Crippen LogP contribution in [0.5, 0.6) is 11.5 Å². The molecule has 0 heterocycles. The number of thioether (sulfide) groups is 1. The highest BCUT2D eigenvalue weighted by atomic mass is 35.5. The molecule has 4 nitrogen and oxygen atoms in total. The van der Waals surface area contributed by atoms with E-state index >= 15 is 0 Å². The molecule has 0 aliphatic carbocycles. The lowest BCUT2D eigenvalue weighted by Crippen LogP contribution is -2.28. The smallest absolute Gasteiger partial charge is 0.417 e. The van der Waals surface area contributed by atoms with E-state index in [9.17, 15) is 13.2 Å². The number of benzene rings is 4. The van der Waals surface area contributed by atoms with Crippen molar-refractivity contribution in [1.82, 2.24) is 4.90 Å². The first-order chi connectivity index (χ1) is 19.2. The third kappa shape index (κ3) is 8.19. The van der Waals surface area contributed by atoms with E-state index in [4.69, 9.17) is 26.1 Å². The fourth-order valence-corrected chi connectivity index (χ4v) is 5.12. The van der Waals surface area contributed by atoms with Crippen LogP contribution in [0, 0.1) is 0 Å². The minimum Gasteiger partial charge on any atom is -0.497 e. The van der Waals surface area contributed by atoms with Gasteiger partial charge in [0.1, 0.15) is 11.5 Å². The fraction of sp³-hybridized carbons (Fsp3) is 0.194. The molecule has 0 fully saturated rings. The summed E-state index contributed by atoms with van der Waals surface area (Å²) in [5, 5.41) is 0.212. The second kappa shape index (κ2) is 13.6. The van der Waals surface area contributed by atoms with Gasteiger partial charge in [0.2, 0.25) is 0 Å². The van der Waals surface area contributed by atoms with Crippen LogP contribution in [0.4, 0.5) is 18.9 Å². The first-order valence-electron chi connectivity index (χ1n) is 12.4. The van der Waals surface area contributed by atoms with E-state index in [1.807, 2.05) is 78.9 Å². The highest BCUT2D eigenvalue weighted by molar-refractivity contribution is 8.13. The van der Waals surface area contributed by atoms with Gasteiger partial charge in [0.05, 0.1) is 30.5 Å². The molecule has 4 aromatic rings. The minimum atomic E-state index is -4.59. The van der Waals surface area contributed by atoms with Crippen LogP contribution in [0.2, 0.25) is 5.02 Å². The summed E-state index contributed by atoms with van der Waals surface area (Å²) in [4.78, 5) is 6.80. The Bertz CT molecular complexity index is 1360. The summed E-state index contributed by atoms with van der Waals surface area (Å²) in [5.41, 5.74) is 2.31. The topological polar surface area (TPSA) is 34.1 Å². The van der Waals surface area contributed by atoms with Crippen molar-refractivity contribution in [2.24, 2.45) is 4.99 Å². The predicted molar refractivity (Wildman–Crippen MR) is 157 cm³/mol. The summed E-state index contributed by atoms with van der Waals surface area (Å²) in [6, 6.07) is 28.9. The molecule has 0 radical (unpaired) electrons. The van der Waals surface area contributed by atoms with Crippen LogP contribution in [0.3, 0.4) is 0 Å². The summed E-state index contributed by atoms with van der Waals surface area (Å²) in [7, 11) is 3.22. The molecule has 208 valence electrons. The molecule has 0 saturated carbocycles. The maximum Gasteiger partial charge on any atom is 0.417 e. The number of rotatable bonds is 9. The molecular formula is C31H28ClF3N2O2S. The van der Waals surface area contributed by atoms with E-state index in [2.05, 4.69) is 4.90 Å². The fourth-order valence-electron chi connectivity index (χ4n) is 3.92. The third-order valence-electron chi connectivity index (χ3n) is 6.03. The second-order valence-electron chi connectivity index (χ2n) is 8.88. The molecule has 0 atom stereocenters. The zero-order valence-electron chi connectivity index (χ0n) is 22.0. The number of hydrogen-bond donors (Lipinski definition) is 0. The van der Waals surface area contributed by atoms with Crippen LogP contribution in [0.25, 0.3) is 0 Å². The van der Waals surface area contributed by atoms with Crippen molar-refractivity contribution in [2.45, 2.75) is 25.0 Å². The van der Waals surface area contributed by atoms with Crippen molar-refractivity contribution in [3.63, 3.8) is 0 Å². The molecule has 0 unspecified atom stereocenters. The highest BCUT2D eigenvalue weighted by Crippen LogP contribution is 2.37. The Labute approximate surface area is 241 Å². The first-order valence-corrected chi connectivity index (χ1v) is 13.7. The molecule has 0 spiro atoms. The number of hydrogen-bond acceptors (Lipinski definition) is 4. The van der Waals surface area contributed by atoms with Gasteiger partial charge in [-0.1, -0.05) is 78.0 Å². The maximum atomic E-state index is 13.6. The normalized spacial score (nSPS) is 11.8. The monoisotopic (exact) mass is 584 g/mol. The molecule has 0 aliphatic heterocycles. The summed E-state index contributed by atoms with van der Waals surface area (Å²) in [5.74, 6) is 2.05. The molecule has 0 N–H and O–H groups in total. The standard InChI is InChI=1S/C31H28ClF3N2O2S/c1-38-26-13-8-22(9-14-26)19-37(20-23-10-15-27(39-2)16-11-23)30(40-21-24-6-4-3-5-7-24)36-25-12-17-29(32)28(18-25)31(33,34)35/h3-18H,19-21H2,1-2H3. The molecule has 9 heteroatoms. The lowest BCUT2D eigenvalue weighted by atomic mass is 10.1. The van der Waals surface area contributed by atoms with Gasteiger partial charge in [-0.05, 0) is 59.2 Å². The van der Waals surface area contributed by atoms with Gasteiger partial charge in [-0.2, -0.15) is 13.2 Å². The van der Waals surface area contributed by atoms with E-state index < -0.39 is 11.7 Å². The first kappa shape index (κ1) is 29.4. The van der Waals surface area contributed by atoms with Crippen molar-refractivity contribution in [2.75, 3.05) is 14.2 Å². The number of amidine groups is 1. The lowest BCUT2D eigenvalue weighted by Gasteiger charge is -2.26. The van der Waals surface area contributed by atoms with E-state index in [1.165, 1.54) is 23.9 Å². The molecule has 0 saturated heterocycles. The molecular weight excluding hydrogens is 557 g/mol. The number of alkyl halides is 3. The Morgan fingerprint density at radius 2 is 1.32 bits per heavy atom. The number of methoxy groups -OCH3 is 2. The SMILES string of the molecule is COc1ccc(CN(Cc2ccc(OC)cc2)C(=Nc2ccc(Cl)c(C(F)(F)F)c2)SCc2ccccc2)cc1. The molecule has 0 bridgehead atoms. The van der Waals surface area contributed by atoms with Gasteiger partial charge in [-0.3, -0.25) is 0 Å². The number of halogens is 4. The average molecular weight is 585 g/mol. The number of nitrogens with zero attached hydrogens (tertiary/aromatic N) is 2. The molecule has 4 rings (SSSR count). The molecule has 0 aliphatic rings. The van der Waals surface area contributed by atoms with Gasteiger partial charge in [-0.15, -0.1) is 0 Å². The van der Waals surface area contributed by atoms with E-state index in [0.29, 0.717) is 24.0 Å². The van der Waals surface area contributed by atoms with Crippen LogP contribution < -0.4 is 9.47 Å². The maximum absolute atomic E-state index is 13.6. The zero-order valence-corrected chi connectivity index (χ0v) is 23.6. The largest absolute Gasteiger partial charge is 0.497 e. The Hall–Kier alpha value is -3.62. The molecule has 0 amide bonds.